The van der Waals surface area contributed by atoms with E-state index in [-0.39, 0.29) is 34.1 Å². The van der Waals surface area contributed by atoms with Crippen molar-refractivity contribution in [2.75, 3.05) is 11.9 Å². The lowest BCUT2D eigenvalue weighted by Gasteiger charge is -2.44. The number of halogens is 1. The maximum Gasteiger partial charge on any atom is 0.336 e. The van der Waals surface area contributed by atoms with Crippen molar-refractivity contribution in [1.82, 2.24) is 9.21 Å². The zero-order valence-corrected chi connectivity index (χ0v) is 19.7. The van der Waals surface area contributed by atoms with E-state index >= 15 is 0 Å². The summed E-state index contributed by atoms with van der Waals surface area (Å²) in [7, 11) is -4.08. The largest absolute Gasteiger partial charge is 0.336 e. The summed E-state index contributed by atoms with van der Waals surface area (Å²) in [5.41, 5.74) is 1.30. The Morgan fingerprint density at radius 3 is 2.70 bits per heavy atom. The standard InChI is InChI=1S/C24H26ClN3O4S/c25-19-10-11-20-22(14-19)33(31,32)28(24(30)26-20)15-16-5-3-7-18(13-16)23(29)27-12-4-8-17-6-1-2-9-21(17)27/h3,5,7,10-11,13-14,17,21H,1-2,4,6,8-9,12,15H2,(H,26,30). The number of hydrogen-bond donors (Lipinski definition) is 1. The van der Waals surface area contributed by atoms with Gasteiger partial charge in [0.15, 0.2) is 0 Å². The Bertz CT molecular complexity index is 1210. The molecule has 2 unspecified atom stereocenters. The van der Waals surface area contributed by atoms with Gasteiger partial charge in [0, 0.05) is 23.2 Å². The van der Waals surface area contributed by atoms with Crippen molar-refractivity contribution in [1.29, 1.82) is 0 Å². The molecule has 2 fully saturated rings. The van der Waals surface area contributed by atoms with Gasteiger partial charge in [-0.25, -0.2) is 17.5 Å². The molecule has 1 saturated carbocycles. The molecule has 7 nitrogen and oxygen atoms in total. The highest BCUT2D eigenvalue weighted by atomic mass is 35.5. The Hall–Kier alpha value is -2.58. The average molecular weight is 488 g/mol. The number of rotatable bonds is 3. The molecule has 2 aliphatic heterocycles. The normalized spacial score (nSPS) is 24.0. The van der Waals surface area contributed by atoms with Gasteiger partial charge in [-0.15, -0.1) is 0 Å². The third kappa shape index (κ3) is 4.10. The van der Waals surface area contributed by atoms with Gasteiger partial charge in [-0.3, -0.25) is 4.79 Å². The van der Waals surface area contributed by atoms with Crippen LogP contribution in [0.25, 0.3) is 0 Å². The third-order valence-electron chi connectivity index (χ3n) is 6.98. The molecule has 1 N–H and O–H groups in total. The van der Waals surface area contributed by atoms with E-state index in [4.69, 9.17) is 11.6 Å². The van der Waals surface area contributed by atoms with E-state index in [1.54, 1.807) is 24.3 Å². The van der Waals surface area contributed by atoms with Crippen LogP contribution in [-0.4, -0.2) is 42.1 Å². The van der Waals surface area contributed by atoms with Crippen LogP contribution in [0.15, 0.2) is 47.4 Å². The molecular weight excluding hydrogens is 462 g/mol. The van der Waals surface area contributed by atoms with Crippen molar-refractivity contribution in [2.45, 2.75) is 56.0 Å². The van der Waals surface area contributed by atoms with Gasteiger partial charge in [-0.2, -0.15) is 0 Å². The van der Waals surface area contributed by atoms with Crippen LogP contribution in [0, 0.1) is 5.92 Å². The number of carbonyl (C=O) groups excluding carboxylic acids is 2. The van der Waals surface area contributed by atoms with Gasteiger partial charge < -0.3 is 10.2 Å². The first kappa shape index (κ1) is 22.2. The second kappa shape index (κ2) is 8.65. The van der Waals surface area contributed by atoms with E-state index < -0.39 is 16.1 Å². The number of likely N-dealkylation sites (tertiary alicyclic amines) is 1. The van der Waals surface area contributed by atoms with Crippen molar-refractivity contribution in [3.63, 3.8) is 0 Å². The molecule has 0 spiro atoms. The van der Waals surface area contributed by atoms with Crippen LogP contribution >= 0.6 is 11.6 Å². The van der Waals surface area contributed by atoms with Crippen molar-refractivity contribution in [3.8, 4) is 0 Å². The Labute approximate surface area is 198 Å². The fourth-order valence-electron chi connectivity index (χ4n) is 5.39. The minimum Gasteiger partial charge on any atom is -0.335 e. The van der Waals surface area contributed by atoms with Gasteiger partial charge in [0.2, 0.25) is 0 Å². The molecule has 174 valence electrons. The van der Waals surface area contributed by atoms with Crippen LogP contribution in [0.3, 0.4) is 0 Å². The van der Waals surface area contributed by atoms with Gasteiger partial charge in [-0.1, -0.05) is 36.6 Å². The number of hydrogen-bond acceptors (Lipinski definition) is 4. The molecule has 3 aliphatic rings. The number of piperidine rings is 1. The van der Waals surface area contributed by atoms with Crippen LogP contribution in [0.1, 0.15) is 54.4 Å². The number of benzene rings is 2. The first-order chi connectivity index (χ1) is 15.8. The smallest absolute Gasteiger partial charge is 0.335 e. The maximum atomic E-state index is 13.4. The topological polar surface area (TPSA) is 86.8 Å². The van der Waals surface area contributed by atoms with E-state index in [1.165, 1.54) is 37.5 Å². The lowest BCUT2D eigenvalue weighted by Crippen LogP contribution is -2.49. The SMILES string of the molecule is O=C(c1cccc(CN2C(=O)Nc3ccc(Cl)cc3S2(=O)=O)c1)N1CCCC2CCCCC21. The fourth-order valence-corrected chi connectivity index (χ4v) is 7.12. The molecule has 0 bridgehead atoms. The van der Waals surface area contributed by atoms with E-state index in [1.807, 2.05) is 4.90 Å². The molecule has 2 aromatic carbocycles. The first-order valence-electron chi connectivity index (χ1n) is 11.4. The number of fused-ring (bicyclic) bond motifs is 2. The molecule has 1 saturated heterocycles. The Balaban J connectivity index is 1.40. The Morgan fingerprint density at radius 2 is 1.85 bits per heavy atom. The van der Waals surface area contributed by atoms with Gasteiger partial charge in [0.1, 0.15) is 4.90 Å². The molecule has 2 aromatic rings. The average Bonchev–Trinajstić information content (AvgIpc) is 2.82. The monoisotopic (exact) mass is 487 g/mol. The van der Waals surface area contributed by atoms with Crippen LogP contribution in [-0.2, 0) is 16.6 Å². The first-order valence-corrected chi connectivity index (χ1v) is 13.2. The fraction of sp³-hybridized carbons (Fsp3) is 0.417. The number of anilines is 1. The van der Waals surface area contributed by atoms with Gasteiger partial charge in [0.05, 0.1) is 12.2 Å². The Kier molecular flexibility index (Phi) is 5.82. The second-order valence-corrected chi connectivity index (χ2v) is 11.3. The highest BCUT2D eigenvalue weighted by molar-refractivity contribution is 7.90. The van der Waals surface area contributed by atoms with Crippen LogP contribution in [0.2, 0.25) is 5.02 Å². The zero-order valence-electron chi connectivity index (χ0n) is 18.2. The van der Waals surface area contributed by atoms with Crippen molar-refractivity contribution < 1.29 is 18.0 Å². The number of nitrogens with one attached hydrogen (secondary N) is 1. The lowest BCUT2D eigenvalue weighted by atomic mass is 9.78. The van der Waals surface area contributed by atoms with Crippen LogP contribution < -0.4 is 5.32 Å². The summed E-state index contributed by atoms with van der Waals surface area (Å²) in [5, 5.41) is 2.87. The van der Waals surface area contributed by atoms with E-state index in [2.05, 4.69) is 5.32 Å². The molecule has 1 aliphatic carbocycles. The number of carbonyl (C=O) groups is 2. The molecule has 2 heterocycles. The quantitative estimate of drug-likeness (QED) is 0.669. The molecular formula is C24H26ClN3O4S. The second-order valence-electron chi connectivity index (χ2n) is 9.04. The molecule has 0 radical (unpaired) electrons. The number of urea groups is 1. The van der Waals surface area contributed by atoms with E-state index in [0.717, 1.165) is 30.1 Å². The van der Waals surface area contributed by atoms with E-state index in [0.29, 0.717) is 17.0 Å². The Morgan fingerprint density at radius 1 is 1.06 bits per heavy atom. The third-order valence-corrected chi connectivity index (χ3v) is 8.99. The molecule has 9 heteroatoms. The zero-order chi connectivity index (χ0) is 23.2. The molecule has 2 atom stereocenters. The highest BCUT2D eigenvalue weighted by Gasteiger charge is 2.38. The number of nitrogens with zero attached hydrogens (tertiary/aromatic N) is 2. The number of amides is 3. The predicted octanol–water partition coefficient (Wildman–Crippen LogP) is 4.87. The molecule has 5 rings (SSSR count). The summed E-state index contributed by atoms with van der Waals surface area (Å²) in [4.78, 5) is 28.0. The summed E-state index contributed by atoms with van der Waals surface area (Å²) >= 11 is 5.99. The van der Waals surface area contributed by atoms with Gasteiger partial charge >= 0.3 is 6.03 Å². The van der Waals surface area contributed by atoms with Crippen molar-refractivity contribution in [3.05, 3.63) is 58.6 Å². The van der Waals surface area contributed by atoms with Gasteiger partial charge in [-0.05, 0) is 67.5 Å². The highest BCUT2D eigenvalue weighted by Crippen LogP contribution is 2.36. The summed E-state index contributed by atoms with van der Waals surface area (Å²) in [6, 6.07) is 10.8. The minimum atomic E-state index is -4.08. The summed E-state index contributed by atoms with van der Waals surface area (Å²) < 4.78 is 27.0. The van der Waals surface area contributed by atoms with Crippen molar-refractivity contribution in [2.24, 2.45) is 5.92 Å². The maximum absolute atomic E-state index is 13.4. The number of sulfonamides is 1. The lowest BCUT2D eigenvalue weighted by molar-refractivity contribution is 0.0390. The van der Waals surface area contributed by atoms with Crippen molar-refractivity contribution >= 4 is 39.2 Å². The van der Waals surface area contributed by atoms with Gasteiger partial charge in [0.25, 0.3) is 15.9 Å². The molecule has 3 amide bonds. The van der Waals surface area contributed by atoms with Crippen LogP contribution in [0.4, 0.5) is 10.5 Å². The van der Waals surface area contributed by atoms with E-state index in [9.17, 15) is 18.0 Å². The van der Waals surface area contributed by atoms with Crippen LogP contribution in [0.5, 0.6) is 0 Å². The summed E-state index contributed by atoms with van der Waals surface area (Å²) in [6.07, 6.45) is 6.81. The molecule has 33 heavy (non-hydrogen) atoms. The summed E-state index contributed by atoms with van der Waals surface area (Å²) in [6.45, 7) is 0.581. The minimum absolute atomic E-state index is 0.0171. The summed E-state index contributed by atoms with van der Waals surface area (Å²) in [5.74, 6) is 0.560. The molecule has 0 aromatic heterocycles. The predicted molar refractivity (Wildman–Crippen MR) is 126 cm³/mol.